The van der Waals surface area contributed by atoms with Crippen LogP contribution < -0.4 is 11.1 Å². The zero-order valence-electron chi connectivity index (χ0n) is 14.0. The molecule has 3 aromatic rings. The van der Waals surface area contributed by atoms with E-state index in [0.29, 0.717) is 24.5 Å². The van der Waals surface area contributed by atoms with Gasteiger partial charge < -0.3 is 14.5 Å². The SMILES string of the molecule is Cc1c(C(=O)Nc2cc3oc(=O)[nH]c3cc2F)cnn1C1CCOCC1. The molecule has 1 aliphatic heterocycles. The normalized spacial score (nSPS) is 15.5. The Morgan fingerprint density at radius 2 is 2.15 bits per heavy atom. The van der Waals surface area contributed by atoms with Crippen molar-refractivity contribution in [2.75, 3.05) is 18.5 Å². The summed E-state index contributed by atoms with van der Waals surface area (Å²) < 4.78 is 26.3. The Balaban J connectivity index is 1.59. The molecule has 1 aromatic carbocycles. The molecular formula is C17H17FN4O4. The number of nitrogens with one attached hydrogen (secondary N) is 2. The molecule has 0 aliphatic carbocycles. The summed E-state index contributed by atoms with van der Waals surface area (Å²) >= 11 is 0. The molecule has 2 aromatic heterocycles. The van der Waals surface area contributed by atoms with Gasteiger partial charge >= 0.3 is 5.76 Å². The molecule has 0 spiro atoms. The van der Waals surface area contributed by atoms with E-state index in [0.717, 1.165) is 18.9 Å². The lowest BCUT2D eigenvalue weighted by atomic mass is 10.1. The maximum atomic E-state index is 14.2. The molecule has 0 saturated carbocycles. The number of hydrogen-bond acceptors (Lipinski definition) is 5. The number of oxazole rings is 1. The first-order valence-corrected chi connectivity index (χ1v) is 8.28. The van der Waals surface area contributed by atoms with Crippen LogP contribution in [0.1, 0.15) is 34.9 Å². The van der Waals surface area contributed by atoms with Crippen LogP contribution in [0.2, 0.25) is 0 Å². The summed E-state index contributed by atoms with van der Waals surface area (Å²) in [6.07, 6.45) is 3.15. The van der Waals surface area contributed by atoms with Crippen LogP contribution in [0, 0.1) is 12.7 Å². The predicted molar refractivity (Wildman–Crippen MR) is 90.8 cm³/mol. The van der Waals surface area contributed by atoms with Gasteiger partial charge in [-0.15, -0.1) is 0 Å². The highest BCUT2D eigenvalue weighted by atomic mass is 19.1. The van der Waals surface area contributed by atoms with Crippen molar-refractivity contribution in [3.05, 3.63) is 46.0 Å². The second kappa shape index (κ2) is 6.41. The molecule has 0 atom stereocenters. The van der Waals surface area contributed by atoms with Crippen LogP contribution >= 0.6 is 0 Å². The molecule has 8 nitrogen and oxygen atoms in total. The average molecular weight is 360 g/mol. The smallest absolute Gasteiger partial charge is 0.408 e. The molecule has 0 bridgehead atoms. The van der Waals surface area contributed by atoms with Crippen molar-refractivity contribution in [1.29, 1.82) is 0 Å². The van der Waals surface area contributed by atoms with Crippen molar-refractivity contribution >= 4 is 22.7 Å². The summed E-state index contributed by atoms with van der Waals surface area (Å²) in [6, 6.07) is 2.57. The molecular weight excluding hydrogens is 343 g/mol. The van der Waals surface area contributed by atoms with Crippen molar-refractivity contribution in [2.24, 2.45) is 0 Å². The predicted octanol–water partition coefficient (Wildman–Crippen LogP) is 2.37. The number of anilines is 1. The number of aromatic amines is 1. The topological polar surface area (TPSA) is 102 Å². The molecule has 0 radical (unpaired) electrons. The van der Waals surface area contributed by atoms with Gasteiger partial charge in [-0.25, -0.2) is 9.18 Å². The lowest BCUT2D eigenvalue weighted by Gasteiger charge is -2.23. The van der Waals surface area contributed by atoms with E-state index >= 15 is 0 Å². The number of fused-ring (bicyclic) bond motifs is 1. The minimum Gasteiger partial charge on any atom is -0.408 e. The van der Waals surface area contributed by atoms with Crippen molar-refractivity contribution in [1.82, 2.24) is 14.8 Å². The molecule has 4 rings (SSSR count). The average Bonchev–Trinajstić information content (AvgIpc) is 3.17. The van der Waals surface area contributed by atoms with Crippen molar-refractivity contribution in [2.45, 2.75) is 25.8 Å². The van der Waals surface area contributed by atoms with E-state index < -0.39 is 17.5 Å². The molecule has 136 valence electrons. The Kier molecular flexibility index (Phi) is 4.08. The number of benzene rings is 1. The van der Waals surface area contributed by atoms with Gasteiger partial charge in [-0.1, -0.05) is 0 Å². The van der Waals surface area contributed by atoms with E-state index in [9.17, 15) is 14.0 Å². The Morgan fingerprint density at radius 3 is 2.92 bits per heavy atom. The summed E-state index contributed by atoms with van der Waals surface area (Å²) in [6.45, 7) is 3.14. The first-order valence-electron chi connectivity index (χ1n) is 8.28. The summed E-state index contributed by atoms with van der Waals surface area (Å²) in [4.78, 5) is 26.1. The molecule has 1 amide bonds. The monoisotopic (exact) mass is 360 g/mol. The van der Waals surface area contributed by atoms with E-state index in [1.807, 2.05) is 11.6 Å². The van der Waals surface area contributed by atoms with Crippen LogP contribution in [0.5, 0.6) is 0 Å². The first kappa shape index (κ1) is 16.5. The van der Waals surface area contributed by atoms with Crippen molar-refractivity contribution in [3.8, 4) is 0 Å². The maximum absolute atomic E-state index is 14.2. The van der Waals surface area contributed by atoms with Crippen LogP contribution in [0.3, 0.4) is 0 Å². The molecule has 1 saturated heterocycles. The van der Waals surface area contributed by atoms with Crippen LogP contribution in [0.15, 0.2) is 27.5 Å². The second-order valence-corrected chi connectivity index (χ2v) is 6.23. The van der Waals surface area contributed by atoms with E-state index in [2.05, 4.69) is 15.4 Å². The highest BCUT2D eigenvalue weighted by Gasteiger charge is 2.22. The Bertz CT molecular complexity index is 1030. The Labute approximate surface area is 146 Å². The standard InChI is InChI=1S/C17H17FN4O4/c1-9-11(8-19-22(9)10-2-4-25-5-3-10)16(23)20-13-7-15-14(6-12(13)18)21-17(24)26-15/h6-8,10H,2-5H2,1H3,(H,20,23)(H,21,24). The number of carbonyl (C=O) groups is 1. The minimum absolute atomic E-state index is 0.0662. The van der Waals surface area contributed by atoms with Crippen molar-refractivity contribution in [3.63, 3.8) is 0 Å². The Hall–Kier alpha value is -2.94. The zero-order chi connectivity index (χ0) is 18.3. The van der Waals surface area contributed by atoms with Crippen LogP contribution in [0.4, 0.5) is 10.1 Å². The number of nitrogens with zero attached hydrogens (tertiary/aromatic N) is 2. The number of ether oxygens (including phenoxy) is 1. The minimum atomic E-state index is -0.684. The highest BCUT2D eigenvalue weighted by Crippen LogP contribution is 2.25. The van der Waals surface area contributed by atoms with Crippen LogP contribution in [-0.4, -0.2) is 33.9 Å². The van der Waals surface area contributed by atoms with E-state index in [1.54, 1.807) is 0 Å². The number of carbonyl (C=O) groups excluding carboxylic acids is 1. The third-order valence-electron chi connectivity index (χ3n) is 4.58. The lowest BCUT2D eigenvalue weighted by Crippen LogP contribution is -2.22. The quantitative estimate of drug-likeness (QED) is 0.747. The molecule has 1 fully saturated rings. The van der Waals surface area contributed by atoms with Gasteiger partial charge in [-0.05, 0) is 19.8 Å². The number of halogens is 1. The first-order chi connectivity index (χ1) is 12.5. The fourth-order valence-corrected chi connectivity index (χ4v) is 3.20. The van der Waals surface area contributed by atoms with Crippen LogP contribution in [-0.2, 0) is 4.74 Å². The number of rotatable bonds is 3. The number of aromatic nitrogens is 3. The van der Waals surface area contributed by atoms with Gasteiger partial charge in [-0.2, -0.15) is 5.10 Å². The molecule has 0 unspecified atom stereocenters. The number of H-pyrrole nitrogens is 1. The molecule has 2 N–H and O–H groups in total. The fourth-order valence-electron chi connectivity index (χ4n) is 3.20. The lowest BCUT2D eigenvalue weighted by molar-refractivity contribution is 0.0656. The molecule has 1 aliphatic rings. The largest absolute Gasteiger partial charge is 0.417 e. The van der Waals surface area contributed by atoms with E-state index in [1.165, 1.54) is 12.3 Å². The third-order valence-corrected chi connectivity index (χ3v) is 4.58. The Morgan fingerprint density at radius 1 is 1.38 bits per heavy atom. The summed E-state index contributed by atoms with van der Waals surface area (Å²) in [5.74, 6) is -1.83. The summed E-state index contributed by atoms with van der Waals surface area (Å²) in [7, 11) is 0. The van der Waals surface area contributed by atoms with Gasteiger partial charge in [0.05, 0.1) is 29.0 Å². The zero-order valence-corrected chi connectivity index (χ0v) is 14.0. The summed E-state index contributed by atoms with van der Waals surface area (Å²) in [5.41, 5.74) is 1.41. The summed E-state index contributed by atoms with van der Waals surface area (Å²) in [5, 5.41) is 6.84. The van der Waals surface area contributed by atoms with Gasteiger partial charge in [0.15, 0.2) is 5.58 Å². The number of hydrogen-bond donors (Lipinski definition) is 2. The molecule has 26 heavy (non-hydrogen) atoms. The van der Waals surface area contributed by atoms with Gasteiger partial charge in [-0.3, -0.25) is 14.5 Å². The molecule has 9 heteroatoms. The van der Waals surface area contributed by atoms with Crippen molar-refractivity contribution < 1.29 is 18.3 Å². The van der Waals surface area contributed by atoms with Gasteiger partial charge in [0.1, 0.15) is 5.82 Å². The fraction of sp³-hybridized carbons (Fsp3) is 0.353. The van der Waals surface area contributed by atoms with Gasteiger partial charge in [0.2, 0.25) is 0 Å². The van der Waals surface area contributed by atoms with E-state index in [4.69, 9.17) is 9.15 Å². The van der Waals surface area contributed by atoms with Crippen LogP contribution in [0.25, 0.3) is 11.1 Å². The van der Waals surface area contributed by atoms with E-state index in [-0.39, 0.29) is 22.8 Å². The molecule has 3 heterocycles. The third kappa shape index (κ3) is 2.90. The maximum Gasteiger partial charge on any atom is 0.417 e. The highest BCUT2D eigenvalue weighted by molar-refractivity contribution is 6.05. The van der Waals surface area contributed by atoms with Gasteiger partial charge in [0, 0.05) is 31.0 Å². The van der Waals surface area contributed by atoms with Gasteiger partial charge in [0.25, 0.3) is 5.91 Å². The number of amides is 1. The second-order valence-electron chi connectivity index (χ2n) is 6.23.